The molecule has 0 aliphatic heterocycles. The number of thioether (sulfide) groups is 1. The Hall–Kier alpha value is -2.38. The standard InChI is InChI=1S/C21H23FN2O3S/c1-4-27-20(25)15-6-8-19-18(12-15)23-21(24(19)9-10-26-3)28-13-16-11-17(22)7-5-14(16)2/h5-8,11-12H,4,9-10,13H2,1-3H3. The van der Waals surface area contributed by atoms with Crippen molar-refractivity contribution in [3.8, 4) is 0 Å². The molecule has 0 saturated carbocycles. The average molecular weight is 402 g/mol. The highest BCUT2D eigenvalue weighted by atomic mass is 32.2. The van der Waals surface area contributed by atoms with Gasteiger partial charge in [-0.25, -0.2) is 14.2 Å². The molecule has 28 heavy (non-hydrogen) atoms. The van der Waals surface area contributed by atoms with Crippen molar-refractivity contribution in [3.63, 3.8) is 0 Å². The average Bonchev–Trinajstić information content (AvgIpc) is 3.03. The first kappa shape index (κ1) is 20.4. The second kappa shape index (κ2) is 9.21. The van der Waals surface area contributed by atoms with Crippen molar-refractivity contribution < 1.29 is 18.7 Å². The second-order valence-corrected chi connectivity index (χ2v) is 7.26. The number of carbonyl (C=O) groups is 1. The number of hydrogen-bond acceptors (Lipinski definition) is 5. The molecule has 7 heteroatoms. The molecule has 0 fully saturated rings. The van der Waals surface area contributed by atoms with Crippen LogP contribution < -0.4 is 0 Å². The lowest BCUT2D eigenvalue weighted by Crippen LogP contribution is -2.06. The lowest BCUT2D eigenvalue weighted by atomic mass is 10.1. The number of benzene rings is 2. The summed E-state index contributed by atoms with van der Waals surface area (Å²) in [7, 11) is 1.65. The van der Waals surface area contributed by atoms with Crippen LogP contribution in [0.25, 0.3) is 11.0 Å². The highest BCUT2D eigenvalue weighted by Gasteiger charge is 2.15. The molecule has 1 heterocycles. The van der Waals surface area contributed by atoms with Gasteiger partial charge in [0.15, 0.2) is 5.16 Å². The maximum atomic E-state index is 13.6. The first-order valence-corrected chi connectivity index (χ1v) is 10.1. The van der Waals surface area contributed by atoms with E-state index in [0.29, 0.717) is 31.1 Å². The molecule has 0 radical (unpaired) electrons. The van der Waals surface area contributed by atoms with E-state index in [1.165, 1.54) is 17.8 Å². The molecule has 0 atom stereocenters. The van der Waals surface area contributed by atoms with Crippen LogP contribution in [-0.2, 0) is 21.8 Å². The molecule has 0 bridgehead atoms. The van der Waals surface area contributed by atoms with Gasteiger partial charge in [0.2, 0.25) is 0 Å². The highest BCUT2D eigenvalue weighted by molar-refractivity contribution is 7.98. The van der Waals surface area contributed by atoms with Gasteiger partial charge < -0.3 is 14.0 Å². The number of aromatic nitrogens is 2. The summed E-state index contributed by atoms with van der Waals surface area (Å²) in [6, 6.07) is 10.2. The van der Waals surface area contributed by atoms with Crippen molar-refractivity contribution in [2.24, 2.45) is 0 Å². The Labute approximate surface area is 167 Å². The van der Waals surface area contributed by atoms with E-state index in [-0.39, 0.29) is 11.8 Å². The zero-order valence-corrected chi connectivity index (χ0v) is 17.0. The van der Waals surface area contributed by atoms with Gasteiger partial charge in [-0.05, 0) is 55.3 Å². The Morgan fingerprint density at radius 2 is 2.07 bits per heavy atom. The number of halogens is 1. The van der Waals surface area contributed by atoms with Gasteiger partial charge in [-0.1, -0.05) is 17.8 Å². The fraction of sp³-hybridized carbons (Fsp3) is 0.333. The Morgan fingerprint density at radius 1 is 1.25 bits per heavy atom. The molecule has 3 aromatic rings. The van der Waals surface area contributed by atoms with Crippen molar-refractivity contribution in [1.29, 1.82) is 0 Å². The van der Waals surface area contributed by atoms with Crippen LogP contribution in [0.4, 0.5) is 4.39 Å². The SMILES string of the molecule is CCOC(=O)c1ccc2c(c1)nc(SCc1cc(F)ccc1C)n2CCOC. The maximum Gasteiger partial charge on any atom is 0.338 e. The van der Waals surface area contributed by atoms with Gasteiger partial charge in [0.05, 0.1) is 29.8 Å². The van der Waals surface area contributed by atoms with Crippen LogP contribution >= 0.6 is 11.8 Å². The molecular weight excluding hydrogens is 379 g/mol. The van der Waals surface area contributed by atoms with E-state index >= 15 is 0 Å². The molecule has 0 spiro atoms. The van der Waals surface area contributed by atoms with Crippen molar-refractivity contribution in [2.75, 3.05) is 20.3 Å². The summed E-state index contributed by atoms with van der Waals surface area (Å²) in [4.78, 5) is 16.7. The Bertz CT molecular complexity index is 987. The third kappa shape index (κ3) is 4.54. The van der Waals surface area contributed by atoms with Crippen LogP contribution in [0, 0.1) is 12.7 Å². The second-order valence-electron chi connectivity index (χ2n) is 6.32. The van der Waals surface area contributed by atoms with E-state index in [0.717, 1.165) is 27.3 Å². The summed E-state index contributed by atoms with van der Waals surface area (Å²) in [5, 5.41) is 0.803. The largest absolute Gasteiger partial charge is 0.462 e. The minimum Gasteiger partial charge on any atom is -0.462 e. The number of rotatable bonds is 8. The van der Waals surface area contributed by atoms with Crippen molar-refractivity contribution >= 4 is 28.8 Å². The number of aryl methyl sites for hydroxylation is 1. The summed E-state index contributed by atoms with van der Waals surface area (Å²) in [6.45, 7) is 5.25. The van der Waals surface area contributed by atoms with Crippen molar-refractivity contribution in [2.45, 2.75) is 31.3 Å². The number of ether oxygens (including phenoxy) is 2. The summed E-state index contributed by atoms with van der Waals surface area (Å²) < 4.78 is 25.9. The van der Waals surface area contributed by atoms with E-state index in [1.54, 1.807) is 38.3 Å². The van der Waals surface area contributed by atoms with Gasteiger partial charge in [-0.3, -0.25) is 0 Å². The Kier molecular flexibility index (Phi) is 6.70. The van der Waals surface area contributed by atoms with Crippen LogP contribution in [-0.4, -0.2) is 35.8 Å². The Morgan fingerprint density at radius 3 is 2.82 bits per heavy atom. The summed E-state index contributed by atoms with van der Waals surface area (Å²) in [5.41, 5.74) is 4.09. The number of fused-ring (bicyclic) bond motifs is 1. The van der Waals surface area contributed by atoms with Gasteiger partial charge >= 0.3 is 5.97 Å². The van der Waals surface area contributed by atoms with Crippen LogP contribution in [0.5, 0.6) is 0 Å². The number of methoxy groups -OCH3 is 1. The van der Waals surface area contributed by atoms with Gasteiger partial charge in [-0.2, -0.15) is 0 Å². The minimum absolute atomic E-state index is 0.242. The van der Waals surface area contributed by atoms with Gasteiger partial charge in [0.1, 0.15) is 5.82 Å². The zero-order chi connectivity index (χ0) is 20.1. The third-order valence-corrected chi connectivity index (χ3v) is 5.44. The maximum absolute atomic E-state index is 13.6. The summed E-state index contributed by atoms with van der Waals surface area (Å²) in [5.74, 6) is -0.00134. The quantitative estimate of drug-likeness (QED) is 0.407. The lowest BCUT2D eigenvalue weighted by Gasteiger charge is -2.09. The van der Waals surface area contributed by atoms with Gasteiger partial charge in [0.25, 0.3) is 0 Å². The fourth-order valence-corrected chi connectivity index (χ4v) is 4.00. The van der Waals surface area contributed by atoms with Crippen molar-refractivity contribution in [3.05, 3.63) is 58.9 Å². The molecule has 0 aliphatic rings. The predicted octanol–water partition coefficient (Wildman–Crippen LogP) is 4.60. The number of carbonyl (C=O) groups excluding carboxylic acids is 1. The van der Waals surface area contributed by atoms with Crippen LogP contribution in [0.1, 0.15) is 28.4 Å². The molecule has 0 saturated heterocycles. The minimum atomic E-state index is -0.361. The monoisotopic (exact) mass is 402 g/mol. The smallest absolute Gasteiger partial charge is 0.338 e. The molecule has 0 aliphatic carbocycles. The first-order chi connectivity index (χ1) is 13.5. The third-order valence-electron chi connectivity index (χ3n) is 4.41. The summed E-state index contributed by atoms with van der Waals surface area (Å²) in [6.07, 6.45) is 0. The number of esters is 1. The molecule has 2 aromatic carbocycles. The highest BCUT2D eigenvalue weighted by Crippen LogP contribution is 2.28. The van der Waals surface area contributed by atoms with E-state index in [2.05, 4.69) is 4.57 Å². The van der Waals surface area contributed by atoms with E-state index < -0.39 is 0 Å². The number of nitrogens with zero attached hydrogens (tertiary/aromatic N) is 2. The van der Waals surface area contributed by atoms with Gasteiger partial charge in [0, 0.05) is 19.4 Å². The molecule has 0 unspecified atom stereocenters. The van der Waals surface area contributed by atoms with Crippen LogP contribution in [0.15, 0.2) is 41.6 Å². The molecular formula is C21H23FN2O3S. The molecule has 0 N–H and O–H groups in total. The molecule has 0 amide bonds. The lowest BCUT2D eigenvalue weighted by molar-refractivity contribution is 0.0526. The number of imidazole rings is 1. The fourth-order valence-electron chi connectivity index (χ4n) is 2.90. The topological polar surface area (TPSA) is 53.3 Å². The molecule has 148 valence electrons. The van der Waals surface area contributed by atoms with E-state index in [4.69, 9.17) is 14.5 Å². The zero-order valence-electron chi connectivity index (χ0n) is 16.2. The molecule has 5 nitrogen and oxygen atoms in total. The number of hydrogen-bond donors (Lipinski definition) is 0. The van der Waals surface area contributed by atoms with Crippen molar-refractivity contribution in [1.82, 2.24) is 9.55 Å². The molecule has 1 aromatic heterocycles. The van der Waals surface area contributed by atoms with E-state index in [9.17, 15) is 9.18 Å². The normalized spacial score (nSPS) is 11.1. The first-order valence-electron chi connectivity index (χ1n) is 9.07. The predicted molar refractivity (Wildman–Crippen MR) is 108 cm³/mol. The van der Waals surface area contributed by atoms with Crippen LogP contribution in [0.3, 0.4) is 0 Å². The van der Waals surface area contributed by atoms with Gasteiger partial charge in [-0.15, -0.1) is 0 Å². The Balaban J connectivity index is 1.92. The van der Waals surface area contributed by atoms with E-state index in [1.807, 2.05) is 13.0 Å². The molecule has 3 rings (SSSR count). The summed E-state index contributed by atoms with van der Waals surface area (Å²) >= 11 is 1.54. The van der Waals surface area contributed by atoms with Crippen LogP contribution in [0.2, 0.25) is 0 Å².